The number of rotatable bonds is 2. The minimum atomic E-state index is -0.491. The van der Waals surface area contributed by atoms with Crippen molar-refractivity contribution in [2.75, 3.05) is 0 Å². The van der Waals surface area contributed by atoms with Crippen LogP contribution in [0.25, 0.3) is 0 Å². The van der Waals surface area contributed by atoms with Crippen molar-refractivity contribution in [1.29, 1.82) is 0 Å². The van der Waals surface area contributed by atoms with E-state index in [0.29, 0.717) is 6.42 Å². The van der Waals surface area contributed by atoms with Crippen LogP contribution in [0.3, 0.4) is 0 Å². The maximum atomic E-state index is 10.3. The molecule has 60 valence electrons. The van der Waals surface area contributed by atoms with E-state index in [0.717, 1.165) is 12.0 Å². The smallest absolute Gasteiger partial charge is 0.235 e. The molecule has 0 spiro atoms. The molecular formula is C8H11NO2. The molecule has 0 saturated heterocycles. The second-order valence-electron chi connectivity index (χ2n) is 2.62. The number of nitrogens with zero attached hydrogens (tertiary/aromatic N) is 1. The van der Waals surface area contributed by atoms with E-state index in [-0.39, 0.29) is 4.92 Å². The zero-order valence-electron chi connectivity index (χ0n) is 6.49. The fraction of sp³-hybridized carbons (Fsp3) is 0.500. The normalized spacial score (nSPS) is 23.0. The Morgan fingerprint density at radius 1 is 1.82 bits per heavy atom. The summed E-state index contributed by atoms with van der Waals surface area (Å²) in [5.74, 6) is 0. The molecule has 11 heavy (non-hydrogen) atoms. The second kappa shape index (κ2) is 3.32. The highest BCUT2D eigenvalue weighted by molar-refractivity contribution is 5.20. The Balaban J connectivity index is 2.62. The average Bonchev–Trinajstić information content (AvgIpc) is 2.05. The van der Waals surface area contributed by atoms with Gasteiger partial charge in [-0.1, -0.05) is 24.6 Å². The minimum Gasteiger partial charge on any atom is -0.264 e. The molecule has 3 nitrogen and oxygen atoms in total. The first-order valence-corrected chi connectivity index (χ1v) is 3.73. The minimum absolute atomic E-state index is 0.237. The standard InChI is InChI=1S/C8H11NO2/c1-2-7-4-3-5-8(6-7)9(10)11/h3-5,8H,2,6H2,1H3. The van der Waals surface area contributed by atoms with Gasteiger partial charge in [-0.3, -0.25) is 10.1 Å². The topological polar surface area (TPSA) is 43.1 Å². The molecule has 0 bridgehead atoms. The van der Waals surface area contributed by atoms with E-state index in [9.17, 15) is 10.1 Å². The van der Waals surface area contributed by atoms with E-state index in [2.05, 4.69) is 0 Å². The first-order chi connectivity index (χ1) is 5.24. The number of allylic oxidation sites excluding steroid dienone is 2. The van der Waals surface area contributed by atoms with Crippen molar-refractivity contribution in [3.8, 4) is 0 Å². The molecule has 0 N–H and O–H groups in total. The van der Waals surface area contributed by atoms with Crippen LogP contribution in [0, 0.1) is 10.1 Å². The van der Waals surface area contributed by atoms with Crippen molar-refractivity contribution < 1.29 is 4.92 Å². The van der Waals surface area contributed by atoms with Crippen molar-refractivity contribution in [3.63, 3.8) is 0 Å². The van der Waals surface area contributed by atoms with Gasteiger partial charge in [-0.25, -0.2) is 0 Å². The largest absolute Gasteiger partial charge is 0.264 e. The fourth-order valence-corrected chi connectivity index (χ4v) is 1.13. The Morgan fingerprint density at radius 2 is 2.55 bits per heavy atom. The average molecular weight is 153 g/mol. The summed E-state index contributed by atoms with van der Waals surface area (Å²) in [5, 5.41) is 10.3. The second-order valence-corrected chi connectivity index (χ2v) is 2.62. The zero-order valence-corrected chi connectivity index (χ0v) is 6.49. The molecule has 0 radical (unpaired) electrons. The van der Waals surface area contributed by atoms with Gasteiger partial charge in [-0.2, -0.15) is 0 Å². The molecule has 0 aromatic heterocycles. The third kappa shape index (κ3) is 1.90. The Kier molecular flexibility index (Phi) is 2.41. The maximum Gasteiger partial charge on any atom is 0.235 e. The molecule has 1 rings (SSSR count). The maximum absolute atomic E-state index is 10.3. The lowest BCUT2D eigenvalue weighted by atomic mass is 9.99. The van der Waals surface area contributed by atoms with Gasteiger partial charge in [0.2, 0.25) is 6.04 Å². The van der Waals surface area contributed by atoms with Crippen molar-refractivity contribution in [2.24, 2.45) is 0 Å². The number of hydrogen-bond donors (Lipinski definition) is 0. The van der Waals surface area contributed by atoms with Gasteiger partial charge in [-0.15, -0.1) is 0 Å². The van der Waals surface area contributed by atoms with E-state index in [1.54, 1.807) is 12.2 Å². The predicted molar refractivity (Wildman–Crippen MR) is 42.9 cm³/mol. The molecule has 0 aromatic carbocycles. The first kappa shape index (κ1) is 7.98. The molecule has 1 unspecified atom stereocenters. The summed E-state index contributed by atoms with van der Waals surface area (Å²) in [6.07, 6.45) is 6.86. The fourth-order valence-electron chi connectivity index (χ4n) is 1.13. The van der Waals surface area contributed by atoms with Crippen molar-refractivity contribution in [2.45, 2.75) is 25.8 Å². The molecule has 0 aromatic rings. The lowest BCUT2D eigenvalue weighted by Gasteiger charge is -2.09. The molecule has 0 saturated carbocycles. The van der Waals surface area contributed by atoms with E-state index >= 15 is 0 Å². The van der Waals surface area contributed by atoms with Gasteiger partial charge >= 0.3 is 0 Å². The van der Waals surface area contributed by atoms with E-state index < -0.39 is 6.04 Å². The Morgan fingerprint density at radius 3 is 3.09 bits per heavy atom. The Labute approximate surface area is 65.6 Å². The summed E-state index contributed by atoms with van der Waals surface area (Å²) >= 11 is 0. The monoisotopic (exact) mass is 153 g/mol. The SMILES string of the molecule is CCC1=CC=CC([N+](=O)[O-])C1. The number of nitro groups is 1. The van der Waals surface area contributed by atoms with Crippen LogP contribution in [0.5, 0.6) is 0 Å². The zero-order chi connectivity index (χ0) is 8.27. The van der Waals surface area contributed by atoms with Gasteiger partial charge in [0.1, 0.15) is 0 Å². The Bertz CT molecular complexity index is 218. The summed E-state index contributed by atoms with van der Waals surface area (Å²) in [7, 11) is 0. The van der Waals surface area contributed by atoms with Crippen LogP contribution in [0.4, 0.5) is 0 Å². The van der Waals surface area contributed by atoms with E-state index in [4.69, 9.17) is 0 Å². The molecule has 0 amide bonds. The summed E-state index contributed by atoms with van der Waals surface area (Å²) in [6.45, 7) is 2.02. The predicted octanol–water partition coefficient (Wildman–Crippen LogP) is 1.93. The third-order valence-electron chi connectivity index (χ3n) is 1.86. The summed E-state index contributed by atoms with van der Waals surface area (Å²) < 4.78 is 0. The summed E-state index contributed by atoms with van der Waals surface area (Å²) in [4.78, 5) is 10.1. The quantitative estimate of drug-likeness (QED) is 0.449. The van der Waals surface area contributed by atoms with Gasteiger partial charge < -0.3 is 0 Å². The molecule has 3 heteroatoms. The van der Waals surface area contributed by atoms with Crippen molar-refractivity contribution in [1.82, 2.24) is 0 Å². The van der Waals surface area contributed by atoms with E-state index in [1.165, 1.54) is 0 Å². The van der Waals surface area contributed by atoms with Gasteiger partial charge in [0.15, 0.2) is 0 Å². The van der Waals surface area contributed by atoms with E-state index in [1.807, 2.05) is 13.0 Å². The van der Waals surface area contributed by atoms with Crippen LogP contribution >= 0.6 is 0 Å². The molecular weight excluding hydrogens is 142 g/mol. The first-order valence-electron chi connectivity index (χ1n) is 3.73. The van der Waals surface area contributed by atoms with Crippen molar-refractivity contribution >= 4 is 0 Å². The molecule has 1 aliphatic rings. The van der Waals surface area contributed by atoms with Gasteiger partial charge in [0.05, 0.1) is 0 Å². The highest BCUT2D eigenvalue weighted by atomic mass is 16.6. The van der Waals surface area contributed by atoms with Crippen LogP contribution in [0.1, 0.15) is 19.8 Å². The lowest BCUT2D eigenvalue weighted by molar-refractivity contribution is -0.509. The highest BCUT2D eigenvalue weighted by Gasteiger charge is 2.19. The third-order valence-corrected chi connectivity index (χ3v) is 1.86. The molecule has 0 aliphatic heterocycles. The van der Waals surface area contributed by atoms with Gasteiger partial charge in [-0.05, 0) is 12.5 Å². The molecule has 1 aliphatic carbocycles. The molecule has 0 fully saturated rings. The Hall–Kier alpha value is -1.12. The summed E-state index contributed by atoms with van der Waals surface area (Å²) in [6, 6.07) is -0.491. The highest BCUT2D eigenvalue weighted by Crippen LogP contribution is 2.16. The van der Waals surface area contributed by atoms with Crippen LogP contribution in [-0.4, -0.2) is 11.0 Å². The van der Waals surface area contributed by atoms with Crippen LogP contribution in [-0.2, 0) is 0 Å². The number of hydrogen-bond acceptors (Lipinski definition) is 2. The van der Waals surface area contributed by atoms with Crippen molar-refractivity contribution in [3.05, 3.63) is 33.9 Å². The van der Waals surface area contributed by atoms with Crippen LogP contribution in [0.2, 0.25) is 0 Å². The summed E-state index contributed by atoms with van der Waals surface area (Å²) in [5.41, 5.74) is 1.16. The van der Waals surface area contributed by atoms with Crippen LogP contribution < -0.4 is 0 Å². The molecule has 1 atom stereocenters. The lowest BCUT2D eigenvalue weighted by Crippen LogP contribution is -2.18. The molecule has 0 heterocycles. The van der Waals surface area contributed by atoms with Gasteiger partial charge in [0, 0.05) is 11.3 Å². The van der Waals surface area contributed by atoms with Crippen LogP contribution in [0.15, 0.2) is 23.8 Å². The van der Waals surface area contributed by atoms with Gasteiger partial charge in [0.25, 0.3) is 0 Å².